The highest BCUT2D eigenvalue weighted by atomic mass is 32.1. The van der Waals surface area contributed by atoms with Crippen LogP contribution in [0.1, 0.15) is 76.8 Å². The molecule has 37 heavy (non-hydrogen) atoms. The molecule has 3 aromatic rings. The Kier molecular flexibility index (Phi) is 7.79. The van der Waals surface area contributed by atoms with Gasteiger partial charge < -0.3 is 10.2 Å². The van der Waals surface area contributed by atoms with Crippen LogP contribution in [0, 0.1) is 0 Å². The number of likely N-dealkylation sites (tertiary alicyclic amines) is 1. The van der Waals surface area contributed by atoms with Gasteiger partial charge in [-0.2, -0.15) is 5.10 Å². The molecule has 0 radical (unpaired) electrons. The topological polar surface area (TPSA) is 132 Å². The van der Waals surface area contributed by atoms with Crippen molar-refractivity contribution in [1.29, 1.82) is 0 Å². The molecule has 194 valence electrons. The van der Waals surface area contributed by atoms with Crippen molar-refractivity contribution in [2.45, 2.75) is 50.9 Å². The van der Waals surface area contributed by atoms with Crippen LogP contribution in [-0.2, 0) is 0 Å². The number of H-pyrrole nitrogens is 1. The van der Waals surface area contributed by atoms with Crippen LogP contribution in [0.25, 0.3) is 10.9 Å². The monoisotopic (exact) mass is 521 g/mol. The zero-order valence-electron chi connectivity index (χ0n) is 20.6. The number of nitrogens with one attached hydrogen (secondary N) is 4. The molecule has 2 aromatic heterocycles. The van der Waals surface area contributed by atoms with Gasteiger partial charge in [-0.05, 0) is 51.0 Å². The number of urea groups is 1. The van der Waals surface area contributed by atoms with Gasteiger partial charge in [-0.1, -0.05) is 29.8 Å². The SMILES string of the molecule is O=C(NNC(=O)c1n[nH]c2ccccc12)c1csc(C2CCN(C(=O)NCCC3=CCCCC3)CC2)n1. The maximum atomic E-state index is 12.6. The van der Waals surface area contributed by atoms with Gasteiger partial charge in [0.2, 0.25) is 0 Å². The summed E-state index contributed by atoms with van der Waals surface area (Å²) in [7, 11) is 0. The van der Waals surface area contributed by atoms with Gasteiger partial charge in [0.05, 0.1) is 10.5 Å². The minimum Gasteiger partial charge on any atom is -0.338 e. The first-order chi connectivity index (χ1) is 18.1. The number of para-hydroxylation sites is 1. The highest BCUT2D eigenvalue weighted by Gasteiger charge is 2.26. The molecule has 0 unspecified atom stereocenters. The van der Waals surface area contributed by atoms with Crippen molar-refractivity contribution in [2.24, 2.45) is 0 Å². The highest BCUT2D eigenvalue weighted by Crippen LogP contribution is 2.30. The van der Waals surface area contributed by atoms with Gasteiger partial charge in [0.15, 0.2) is 5.69 Å². The van der Waals surface area contributed by atoms with E-state index in [4.69, 9.17) is 0 Å². The summed E-state index contributed by atoms with van der Waals surface area (Å²) in [4.78, 5) is 43.9. The second kappa shape index (κ2) is 11.5. The third-order valence-electron chi connectivity index (χ3n) is 6.97. The number of thiazole rings is 1. The number of allylic oxidation sites excluding steroid dienone is 1. The highest BCUT2D eigenvalue weighted by molar-refractivity contribution is 7.09. The molecule has 4 N–H and O–H groups in total. The summed E-state index contributed by atoms with van der Waals surface area (Å²) in [6.07, 6.45) is 9.70. The number of benzene rings is 1. The van der Waals surface area contributed by atoms with Crippen molar-refractivity contribution in [1.82, 2.24) is 36.2 Å². The van der Waals surface area contributed by atoms with E-state index < -0.39 is 11.8 Å². The number of hydrazine groups is 1. The predicted octanol–water partition coefficient (Wildman–Crippen LogP) is 3.87. The van der Waals surface area contributed by atoms with Gasteiger partial charge in [0, 0.05) is 36.3 Å². The molecular formula is C26H31N7O3S. The fraction of sp³-hybridized carbons (Fsp3) is 0.423. The lowest BCUT2D eigenvalue weighted by Gasteiger charge is -2.31. The molecule has 3 heterocycles. The Bertz CT molecular complexity index is 1310. The normalized spacial score (nSPS) is 16.3. The number of piperidine rings is 1. The van der Waals surface area contributed by atoms with Crippen LogP contribution in [0.5, 0.6) is 0 Å². The molecule has 11 heteroatoms. The number of carbonyl (C=O) groups excluding carboxylic acids is 3. The third-order valence-corrected chi connectivity index (χ3v) is 7.98. The summed E-state index contributed by atoms with van der Waals surface area (Å²) < 4.78 is 0. The Morgan fingerprint density at radius 2 is 1.89 bits per heavy atom. The Morgan fingerprint density at radius 3 is 2.70 bits per heavy atom. The van der Waals surface area contributed by atoms with Crippen molar-refractivity contribution in [3.8, 4) is 0 Å². The van der Waals surface area contributed by atoms with Crippen LogP contribution in [-0.4, -0.2) is 57.6 Å². The number of hydrogen-bond donors (Lipinski definition) is 4. The van der Waals surface area contributed by atoms with Gasteiger partial charge >= 0.3 is 6.03 Å². The van der Waals surface area contributed by atoms with E-state index in [1.807, 2.05) is 23.1 Å². The molecule has 5 rings (SSSR count). The lowest BCUT2D eigenvalue weighted by Crippen LogP contribution is -2.44. The van der Waals surface area contributed by atoms with Crippen molar-refractivity contribution < 1.29 is 14.4 Å². The first-order valence-electron chi connectivity index (χ1n) is 12.8. The first-order valence-corrected chi connectivity index (χ1v) is 13.7. The lowest BCUT2D eigenvalue weighted by atomic mass is 9.97. The molecule has 0 saturated carbocycles. The van der Waals surface area contributed by atoms with Crippen LogP contribution in [0.15, 0.2) is 41.3 Å². The molecule has 1 saturated heterocycles. The molecule has 1 aromatic carbocycles. The predicted molar refractivity (Wildman–Crippen MR) is 141 cm³/mol. The number of hydrogen-bond acceptors (Lipinski definition) is 6. The van der Waals surface area contributed by atoms with E-state index in [9.17, 15) is 14.4 Å². The number of aromatic nitrogens is 3. The molecule has 0 atom stereocenters. The van der Waals surface area contributed by atoms with Crippen LogP contribution >= 0.6 is 11.3 Å². The van der Waals surface area contributed by atoms with Gasteiger partial charge in [-0.25, -0.2) is 9.78 Å². The van der Waals surface area contributed by atoms with Crippen molar-refractivity contribution >= 4 is 40.1 Å². The maximum absolute atomic E-state index is 12.6. The molecule has 4 amide bonds. The minimum atomic E-state index is -0.512. The molecular weight excluding hydrogens is 490 g/mol. The average Bonchev–Trinajstić information content (AvgIpc) is 3.60. The molecule has 10 nitrogen and oxygen atoms in total. The molecule has 1 aliphatic heterocycles. The molecule has 1 aliphatic carbocycles. The molecule has 0 bridgehead atoms. The van der Waals surface area contributed by atoms with Crippen LogP contribution < -0.4 is 16.2 Å². The Balaban J connectivity index is 1.06. The summed E-state index contributed by atoms with van der Waals surface area (Å²) in [5, 5.41) is 13.1. The standard InChI is InChI=1S/C26H31N7O3S/c34-23(31-32-24(35)22-19-8-4-5-9-20(19)29-30-22)21-16-37-25(28-21)18-11-14-33(15-12-18)26(36)27-13-10-17-6-2-1-3-7-17/h4-6,8-9,16,18H,1-3,7,10-15H2,(H,27,36)(H,29,30)(H,31,34)(H,32,35). The number of carbonyl (C=O) groups is 3. The van der Waals surface area contributed by atoms with Crippen LogP contribution in [0.3, 0.4) is 0 Å². The lowest BCUT2D eigenvalue weighted by molar-refractivity contribution is 0.0842. The Hall–Kier alpha value is -3.73. The summed E-state index contributed by atoms with van der Waals surface area (Å²) in [6.45, 7) is 2.00. The second-order valence-electron chi connectivity index (χ2n) is 9.45. The van der Waals surface area contributed by atoms with E-state index in [1.165, 1.54) is 29.8 Å². The fourth-order valence-corrected chi connectivity index (χ4v) is 5.83. The van der Waals surface area contributed by atoms with E-state index in [-0.39, 0.29) is 23.3 Å². The van der Waals surface area contributed by atoms with E-state index in [1.54, 1.807) is 11.4 Å². The van der Waals surface area contributed by atoms with Gasteiger partial charge in [0.1, 0.15) is 5.69 Å². The van der Waals surface area contributed by atoms with Crippen molar-refractivity contribution in [3.05, 3.63) is 57.7 Å². The van der Waals surface area contributed by atoms with E-state index in [2.05, 4.69) is 37.4 Å². The average molecular weight is 522 g/mol. The van der Waals surface area contributed by atoms with Gasteiger partial charge in [-0.15, -0.1) is 11.3 Å². The Labute approximate surface area is 218 Å². The number of nitrogens with zero attached hydrogens (tertiary/aromatic N) is 3. The molecule has 1 fully saturated rings. The molecule has 0 spiro atoms. The Morgan fingerprint density at radius 1 is 1.08 bits per heavy atom. The number of amides is 4. The summed E-state index contributed by atoms with van der Waals surface area (Å²) in [5.41, 5.74) is 7.49. The smallest absolute Gasteiger partial charge is 0.317 e. The third kappa shape index (κ3) is 5.99. The maximum Gasteiger partial charge on any atom is 0.317 e. The van der Waals surface area contributed by atoms with Gasteiger partial charge in [-0.3, -0.25) is 25.5 Å². The van der Waals surface area contributed by atoms with Crippen molar-refractivity contribution in [3.63, 3.8) is 0 Å². The minimum absolute atomic E-state index is 0.00510. The van der Waals surface area contributed by atoms with E-state index >= 15 is 0 Å². The largest absolute Gasteiger partial charge is 0.338 e. The number of fused-ring (bicyclic) bond motifs is 1. The van der Waals surface area contributed by atoms with Crippen molar-refractivity contribution in [2.75, 3.05) is 19.6 Å². The van der Waals surface area contributed by atoms with Gasteiger partial charge in [0.25, 0.3) is 11.8 Å². The zero-order chi connectivity index (χ0) is 25.6. The molecule has 2 aliphatic rings. The second-order valence-corrected chi connectivity index (χ2v) is 10.3. The van der Waals surface area contributed by atoms with E-state index in [0.717, 1.165) is 42.6 Å². The quantitative estimate of drug-likeness (QED) is 0.289. The van der Waals surface area contributed by atoms with Crippen LogP contribution in [0.4, 0.5) is 4.79 Å². The number of aromatic amines is 1. The summed E-state index contributed by atoms with van der Waals surface area (Å²) >= 11 is 1.43. The summed E-state index contributed by atoms with van der Waals surface area (Å²) in [6, 6.07) is 7.26. The summed E-state index contributed by atoms with van der Waals surface area (Å²) in [5.74, 6) is -0.795. The number of rotatable bonds is 6. The zero-order valence-corrected chi connectivity index (χ0v) is 21.4. The van der Waals surface area contributed by atoms with E-state index in [0.29, 0.717) is 25.0 Å². The fourth-order valence-electron chi connectivity index (χ4n) is 4.86. The first kappa shape index (κ1) is 24.9. The van der Waals surface area contributed by atoms with Crippen LogP contribution in [0.2, 0.25) is 0 Å².